The third-order valence-electron chi connectivity index (χ3n) is 5.49. The molecule has 1 aromatic carbocycles. The van der Waals surface area contributed by atoms with Crippen molar-refractivity contribution in [2.24, 2.45) is 21.6 Å². The molecule has 1 aliphatic heterocycles. The summed E-state index contributed by atoms with van der Waals surface area (Å²) < 4.78 is 0. The van der Waals surface area contributed by atoms with Gasteiger partial charge in [-0.05, 0) is 30.9 Å². The average molecular weight is 411 g/mol. The van der Waals surface area contributed by atoms with Crippen molar-refractivity contribution in [1.82, 2.24) is 5.32 Å². The molecule has 0 aliphatic carbocycles. The minimum atomic E-state index is -1.53. The zero-order valence-corrected chi connectivity index (χ0v) is 17.3. The second-order valence-electron chi connectivity index (χ2n) is 7.34. The number of hydrogen-bond acceptors (Lipinski definition) is 7. The number of nitriles is 1. The third kappa shape index (κ3) is 4.59. The maximum atomic E-state index is 12.7. The van der Waals surface area contributed by atoms with Crippen LogP contribution in [0.1, 0.15) is 52.9 Å². The van der Waals surface area contributed by atoms with Crippen molar-refractivity contribution in [2.45, 2.75) is 52.9 Å². The Morgan fingerprint density at radius 2 is 1.97 bits per heavy atom. The average Bonchev–Trinajstić information content (AvgIpc) is 2.73. The molecule has 0 bridgehead atoms. The van der Waals surface area contributed by atoms with Crippen LogP contribution in [0.2, 0.25) is 0 Å². The number of azo groups is 1. The van der Waals surface area contributed by atoms with Crippen LogP contribution in [-0.2, 0) is 9.59 Å². The van der Waals surface area contributed by atoms with Crippen molar-refractivity contribution >= 4 is 23.2 Å². The standard InChI is InChI=1S/C21H25N5O4/c1-4-6-9-15(5-2)12-21(13-22)14(3)18(19(27)23-20(21)28)25-24-16-10-7-8-11-17(16)26(29)30/h7-8,10-11,15H,4-6,9,12H2,1-3H3,(H,23,27,28). The van der Waals surface area contributed by atoms with E-state index < -0.39 is 22.2 Å². The molecule has 0 spiro atoms. The molecule has 1 aliphatic rings. The van der Waals surface area contributed by atoms with Crippen LogP contribution in [0.3, 0.4) is 0 Å². The van der Waals surface area contributed by atoms with Gasteiger partial charge >= 0.3 is 0 Å². The fraction of sp³-hybridized carbons (Fsp3) is 0.476. The topological polar surface area (TPSA) is 138 Å². The number of amides is 2. The second-order valence-corrected chi connectivity index (χ2v) is 7.34. The van der Waals surface area contributed by atoms with Crippen LogP contribution in [0.25, 0.3) is 0 Å². The summed E-state index contributed by atoms with van der Waals surface area (Å²) in [6.07, 6.45) is 3.93. The zero-order chi connectivity index (χ0) is 22.3. The number of unbranched alkanes of at least 4 members (excludes halogenated alkanes) is 1. The lowest BCUT2D eigenvalue weighted by molar-refractivity contribution is -0.384. The number of rotatable bonds is 9. The lowest BCUT2D eigenvalue weighted by Gasteiger charge is -2.33. The Morgan fingerprint density at radius 3 is 2.57 bits per heavy atom. The van der Waals surface area contributed by atoms with E-state index in [0.717, 1.165) is 25.7 Å². The van der Waals surface area contributed by atoms with Crippen LogP contribution in [0.4, 0.5) is 11.4 Å². The summed E-state index contributed by atoms with van der Waals surface area (Å²) in [6, 6.07) is 7.84. The Bertz CT molecular complexity index is 947. The molecule has 0 aromatic heterocycles. The van der Waals surface area contributed by atoms with Crippen molar-refractivity contribution < 1.29 is 14.5 Å². The summed E-state index contributed by atoms with van der Waals surface area (Å²) in [4.78, 5) is 35.7. The molecule has 0 saturated heterocycles. The van der Waals surface area contributed by atoms with E-state index in [1.807, 2.05) is 6.92 Å². The normalized spacial score (nSPS) is 20.2. The van der Waals surface area contributed by atoms with Gasteiger partial charge in [0, 0.05) is 6.07 Å². The van der Waals surface area contributed by atoms with Crippen LogP contribution in [0, 0.1) is 32.8 Å². The molecule has 2 unspecified atom stereocenters. The minimum absolute atomic E-state index is 0.0237. The van der Waals surface area contributed by atoms with Gasteiger partial charge in [0.25, 0.3) is 17.5 Å². The molecule has 9 nitrogen and oxygen atoms in total. The molecule has 1 aromatic rings. The molecule has 158 valence electrons. The first-order valence-electron chi connectivity index (χ1n) is 9.94. The minimum Gasteiger partial charge on any atom is -0.289 e. The van der Waals surface area contributed by atoms with E-state index in [0.29, 0.717) is 0 Å². The summed E-state index contributed by atoms with van der Waals surface area (Å²) >= 11 is 0. The SMILES string of the molecule is CCCCC(CC)CC1(C#N)C(=O)NC(=O)C(N=Nc2ccccc2[N+](=O)[O-])=C1C. The van der Waals surface area contributed by atoms with Crippen molar-refractivity contribution in [2.75, 3.05) is 0 Å². The van der Waals surface area contributed by atoms with Crippen molar-refractivity contribution in [1.29, 1.82) is 5.26 Å². The monoisotopic (exact) mass is 411 g/mol. The van der Waals surface area contributed by atoms with Gasteiger partial charge in [0.15, 0.2) is 16.8 Å². The predicted molar refractivity (Wildman–Crippen MR) is 109 cm³/mol. The summed E-state index contributed by atoms with van der Waals surface area (Å²) in [7, 11) is 0. The second kappa shape index (κ2) is 9.87. The highest BCUT2D eigenvalue weighted by molar-refractivity contribution is 6.11. The van der Waals surface area contributed by atoms with E-state index in [1.54, 1.807) is 6.07 Å². The lowest BCUT2D eigenvalue weighted by Crippen LogP contribution is -2.50. The smallest absolute Gasteiger partial charge is 0.289 e. The van der Waals surface area contributed by atoms with E-state index in [2.05, 4.69) is 28.5 Å². The zero-order valence-electron chi connectivity index (χ0n) is 17.3. The van der Waals surface area contributed by atoms with Gasteiger partial charge in [-0.3, -0.25) is 25.0 Å². The highest BCUT2D eigenvalue weighted by Gasteiger charge is 2.48. The Kier molecular flexibility index (Phi) is 7.53. The van der Waals surface area contributed by atoms with E-state index in [4.69, 9.17) is 0 Å². The van der Waals surface area contributed by atoms with Crippen LogP contribution in [0.5, 0.6) is 0 Å². The van der Waals surface area contributed by atoms with Crippen molar-refractivity contribution in [3.63, 3.8) is 0 Å². The Labute approximate surface area is 175 Å². The van der Waals surface area contributed by atoms with E-state index in [9.17, 15) is 25.0 Å². The number of carbonyl (C=O) groups is 2. The van der Waals surface area contributed by atoms with Crippen LogP contribution in [-0.4, -0.2) is 16.7 Å². The Morgan fingerprint density at radius 1 is 1.27 bits per heavy atom. The number of nitrogens with one attached hydrogen (secondary N) is 1. The quantitative estimate of drug-likeness (QED) is 0.271. The van der Waals surface area contributed by atoms with Gasteiger partial charge < -0.3 is 0 Å². The van der Waals surface area contributed by atoms with Gasteiger partial charge in [0.05, 0.1) is 11.0 Å². The van der Waals surface area contributed by atoms with Gasteiger partial charge in [0.2, 0.25) is 0 Å². The third-order valence-corrected chi connectivity index (χ3v) is 5.49. The lowest BCUT2D eigenvalue weighted by atomic mass is 9.70. The first-order chi connectivity index (χ1) is 14.3. The first kappa shape index (κ1) is 22.9. The number of para-hydroxylation sites is 1. The molecule has 2 amide bonds. The highest BCUT2D eigenvalue weighted by Crippen LogP contribution is 2.41. The van der Waals surface area contributed by atoms with E-state index >= 15 is 0 Å². The maximum Gasteiger partial charge on any atom is 0.296 e. The number of nitro benzene ring substituents is 1. The number of nitro groups is 1. The maximum absolute atomic E-state index is 12.7. The summed E-state index contributed by atoms with van der Waals surface area (Å²) in [5.74, 6) is -1.30. The molecule has 9 heteroatoms. The van der Waals surface area contributed by atoms with Gasteiger partial charge in [-0.2, -0.15) is 5.26 Å². The fourth-order valence-electron chi connectivity index (χ4n) is 3.54. The van der Waals surface area contributed by atoms with Crippen LogP contribution in [0.15, 0.2) is 45.8 Å². The van der Waals surface area contributed by atoms with Crippen LogP contribution < -0.4 is 5.32 Å². The molecular formula is C21H25N5O4. The fourth-order valence-corrected chi connectivity index (χ4v) is 3.54. The van der Waals surface area contributed by atoms with Gasteiger partial charge in [-0.15, -0.1) is 10.2 Å². The molecular weight excluding hydrogens is 386 g/mol. The predicted octanol–water partition coefficient (Wildman–Crippen LogP) is 4.73. The van der Waals surface area contributed by atoms with Crippen LogP contribution >= 0.6 is 0 Å². The van der Waals surface area contributed by atoms with E-state index in [1.165, 1.54) is 25.1 Å². The number of imide groups is 1. The number of nitrogens with zero attached hydrogens (tertiary/aromatic N) is 4. The number of hydrogen-bond donors (Lipinski definition) is 1. The summed E-state index contributed by atoms with van der Waals surface area (Å²) in [5, 5.41) is 31.1. The summed E-state index contributed by atoms with van der Waals surface area (Å²) in [6.45, 7) is 5.61. The van der Waals surface area contributed by atoms with Gasteiger partial charge in [-0.1, -0.05) is 51.7 Å². The Balaban J connectivity index is 2.49. The highest BCUT2D eigenvalue weighted by atomic mass is 16.6. The first-order valence-corrected chi connectivity index (χ1v) is 9.94. The molecule has 2 rings (SSSR count). The molecule has 0 saturated carbocycles. The van der Waals surface area contributed by atoms with Crippen molar-refractivity contribution in [3.8, 4) is 6.07 Å². The largest absolute Gasteiger partial charge is 0.296 e. The molecule has 2 atom stereocenters. The molecule has 1 heterocycles. The van der Waals surface area contributed by atoms with Gasteiger partial charge in [-0.25, -0.2) is 0 Å². The molecule has 0 radical (unpaired) electrons. The molecule has 30 heavy (non-hydrogen) atoms. The van der Waals surface area contributed by atoms with E-state index in [-0.39, 0.29) is 35.0 Å². The Hall–Kier alpha value is -3.41. The van der Waals surface area contributed by atoms with Crippen molar-refractivity contribution in [3.05, 3.63) is 45.6 Å². The number of benzene rings is 1. The molecule has 1 N–H and O–H groups in total. The van der Waals surface area contributed by atoms with Gasteiger partial charge in [0.1, 0.15) is 0 Å². The number of carbonyl (C=O) groups excluding carboxylic acids is 2. The summed E-state index contributed by atoms with van der Waals surface area (Å²) in [5.41, 5.74) is -1.76. The molecule has 0 fully saturated rings.